The molecular formula is C72H46N4. The van der Waals surface area contributed by atoms with Gasteiger partial charge in [0.25, 0.3) is 0 Å². The van der Waals surface area contributed by atoms with Gasteiger partial charge in [-0.3, -0.25) is 4.57 Å². The zero-order valence-electron chi connectivity index (χ0n) is 41.9. The lowest BCUT2D eigenvalue weighted by molar-refractivity contribution is 0.644. The van der Waals surface area contributed by atoms with Gasteiger partial charge in [-0.1, -0.05) is 196 Å². The van der Waals surface area contributed by atoms with E-state index in [1.54, 1.807) is 0 Å². The first-order valence-corrected chi connectivity index (χ1v) is 26.5. The van der Waals surface area contributed by atoms with Crippen LogP contribution in [0.1, 0.15) is 47.2 Å². The third-order valence-electron chi connectivity index (χ3n) is 17.5. The van der Waals surface area contributed by atoms with Gasteiger partial charge in [-0.2, -0.15) is 0 Å². The minimum atomic E-state index is -0.419. The van der Waals surface area contributed by atoms with E-state index >= 15 is 0 Å². The molecule has 0 atom stereocenters. The Labute approximate surface area is 439 Å². The maximum atomic E-state index is 5.57. The van der Waals surface area contributed by atoms with Gasteiger partial charge >= 0.3 is 0 Å². The predicted octanol–water partition coefficient (Wildman–Crippen LogP) is 17.8. The summed E-state index contributed by atoms with van der Waals surface area (Å²) < 4.78 is 4.76. The molecule has 0 aliphatic heterocycles. The highest BCUT2D eigenvalue weighted by atomic mass is 15.2. The Morgan fingerprint density at radius 2 is 0.816 bits per heavy atom. The fraction of sp³-hybridized carbons (Fsp3) is 0.0556. The summed E-state index contributed by atoms with van der Waals surface area (Å²) in [4.78, 5) is 11.1. The summed E-state index contributed by atoms with van der Waals surface area (Å²) in [6, 6.07) is 90.1. The van der Waals surface area contributed by atoms with Crippen LogP contribution in [-0.2, 0) is 10.8 Å². The summed E-state index contributed by atoms with van der Waals surface area (Å²) in [5, 5.41) is 5.91. The van der Waals surface area contributed by atoms with Crippen LogP contribution in [0.5, 0.6) is 0 Å². The van der Waals surface area contributed by atoms with Gasteiger partial charge in [0.2, 0.25) is 5.95 Å². The third-order valence-corrected chi connectivity index (χ3v) is 17.5. The molecule has 4 heteroatoms. The Bertz CT molecular complexity index is 4790. The molecule has 1 spiro atoms. The summed E-state index contributed by atoms with van der Waals surface area (Å²) >= 11 is 0. The van der Waals surface area contributed by atoms with Crippen molar-refractivity contribution in [1.82, 2.24) is 19.1 Å². The van der Waals surface area contributed by atoms with Gasteiger partial charge in [0.15, 0.2) is 0 Å². The molecule has 3 aliphatic rings. The van der Waals surface area contributed by atoms with Gasteiger partial charge in [0.1, 0.15) is 0 Å². The predicted molar refractivity (Wildman–Crippen MR) is 313 cm³/mol. The molecule has 3 aliphatic carbocycles. The van der Waals surface area contributed by atoms with Gasteiger partial charge in [-0.15, -0.1) is 0 Å². The maximum Gasteiger partial charge on any atom is 0.235 e. The molecule has 0 N–H and O–H groups in total. The average Bonchev–Trinajstić information content (AvgIpc) is 4.38. The van der Waals surface area contributed by atoms with Gasteiger partial charge in [-0.05, 0) is 139 Å². The van der Waals surface area contributed by atoms with E-state index in [-0.39, 0.29) is 5.41 Å². The SMILES string of the molecule is CC1(C)c2ccccc2-c2nc(-n3c4ccccc4c4cc(-c5ccc6c(c5)c5ccccc5n6-c5ccc6c(c5)C5(c7ccccc7-c7ccccc75)c5ccccc5-6)ccc43)nc3cc(-c4ccccc4)cc1c23. The van der Waals surface area contributed by atoms with Crippen molar-refractivity contribution in [3.63, 3.8) is 0 Å². The van der Waals surface area contributed by atoms with Gasteiger partial charge in [0, 0.05) is 43.6 Å². The second kappa shape index (κ2) is 15.0. The Balaban J connectivity index is 0.834. The molecule has 4 nitrogen and oxygen atoms in total. The standard InChI is InChI=1S/C72H46N4/c1-71(2)57-26-12-9-25-54(57)69-68-62(71)40-46(43-18-4-3-5-19-43)41-63(68)73-70(74-69)76-65-31-17-11-24-53(65)56-39-45(33-37-67(56)76)44-32-36-66-55(38-44)52-23-10-16-30-64(52)75(66)47-34-35-51-50-22-8-15-29-60(50)72(61(51)42-47)58-27-13-6-20-48(58)49-21-7-14-28-59(49)72/h3-42H,1-2H3. The van der Waals surface area contributed by atoms with Crippen molar-refractivity contribution >= 4 is 54.5 Å². The van der Waals surface area contributed by atoms with Crippen molar-refractivity contribution in [1.29, 1.82) is 0 Å². The van der Waals surface area contributed by atoms with Gasteiger partial charge in [0.05, 0.1) is 38.7 Å². The van der Waals surface area contributed by atoms with Crippen LogP contribution in [0.25, 0.3) is 122 Å². The minimum Gasteiger partial charge on any atom is -0.309 e. The van der Waals surface area contributed by atoms with E-state index in [4.69, 9.17) is 9.97 Å². The van der Waals surface area contributed by atoms with E-state index in [0.29, 0.717) is 5.95 Å². The van der Waals surface area contributed by atoms with E-state index in [2.05, 4.69) is 266 Å². The van der Waals surface area contributed by atoms with Gasteiger partial charge < -0.3 is 4.57 Å². The van der Waals surface area contributed by atoms with Crippen molar-refractivity contribution in [2.75, 3.05) is 0 Å². The lowest BCUT2D eigenvalue weighted by Crippen LogP contribution is -2.26. The molecule has 0 amide bonds. The highest BCUT2D eigenvalue weighted by Gasteiger charge is 2.51. The van der Waals surface area contributed by atoms with E-state index < -0.39 is 5.41 Å². The molecule has 0 fully saturated rings. The Kier molecular flexibility index (Phi) is 8.25. The summed E-state index contributed by atoms with van der Waals surface area (Å²) in [6.45, 7) is 4.67. The zero-order valence-corrected chi connectivity index (χ0v) is 41.9. The van der Waals surface area contributed by atoms with E-state index in [1.807, 2.05) is 0 Å². The minimum absolute atomic E-state index is 0.243. The van der Waals surface area contributed by atoms with Crippen molar-refractivity contribution in [3.05, 3.63) is 276 Å². The molecule has 11 aromatic carbocycles. The van der Waals surface area contributed by atoms with Crippen molar-refractivity contribution in [2.45, 2.75) is 24.7 Å². The normalized spacial score (nSPS) is 14.1. The first-order valence-electron chi connectivity index (χ1n) is 26.5. The molecular weight excluding hydrogens is 921 g/mol. The number of para-hydroxylation sites is 2. The van der Waals surface area contributed by atoms with Crippen LogP contribution >= 0.6 is 0 Å². The van der Waals surface area contributed by atoms with Crippen LogP contribution in [0.2, 0.25) is 0 Å². The Morgan fingerprint density at radius 3 is 1.45 bits per heavy atom. The van der Waals surface area contributed by atoms with Crippen LogP contribution < -0.4 is 0 Å². The fourth-order valence-corrected chi connectivity index (χ4v) is 14.2. The highest BCUT2D eigenvalue weighted by molar-refractivity contribution is 6.13. The summed E-state index contributed by atoms with van der Waals surface area (Å²) in [5.74, 6) is 0.670. The molecule has 76 heavy (non-hydrogen) atoms. The van der Waals surface area contributed by atoms with Crippen molar-refractivity contribution < 1.29 is 0 Å². The van der Waals surface area contributed by atoms with Crippen LogP contribution in [0.15, 0.2) is 243 Å². The third kappa shape index (κ3) is 5.37. The number of hydrogen-bond donors (Lipinski definition) is 0. The molecule has 0 bridgehead atoms. The molecule has 354 valence electrons. The lowest BCUT2D eigenvalue weighted by Gasteiger charge is -2.35. The maximum absolute atomic E-state index is 5.57. The van der Waals surface area contributed by atoms with Gasteiger partial charge in [-0.25, -0.2) is 9.97 Å². The van der Waals surface area contributed by atoms with Crippen molar-refractivity contribution in [2.24, 2.45) is 0 Å². The Hall–Kier alpha value is -9.64. The quantitative estimate of drug-likeness (QED) is 0.176. The molecule has 0 unspecified atom stereocenters. The molecule has 0 saturated carbocycles. The van der Waals surface area contributed by atoms with Crippen LogP contribution in [0.3, 0.4) is 0 Å². The van der Waals surface area contributed by atoms with E-state index in [9.17, 15) is 0 Å². The van der Waals surface area contributed by atoms with E-state index in [1.165, 1.54) is 94.0 Å². The zero-order chi connectivity index (χ0) is 50.0. The first kappa shape index (κ1) is 41.8. The molecule has 17 rings (SSSR count). The second-order valence-corrected chi connectivity index (χ2v) is 21.6. The number of nitrogens with zero attached hydrogens (tertiary/aromatic N) is 4. The van der Waals surface area contributed by atoms with Crippen molar-refractivity contribution in [3.8, 4) is 67.4 Å². The number of benzene rings is 11. The van der Waals surface area contributed by atoms with Crippen LogP contribution in [0, 0.1) is 0 Å². The largest absolute Gasteiger partial charge is 0.309 e. The molecule has 3 heterocycles. The topological polar surface area (TPSA) is 35.6 Å². The molecule has 0 radical (unpaired) electrons. The lowest BCUT2D eigenvalue weighted by atomic mass is 9.69. The summed E-state index contributed by atoms with van der Waals surface area (Å²) in [6.07, 6.45) is 0. The smallest absolute Gasteiger partial charge is 0.235 e. The van der Waals surface area contributed by atoms with Crippen LogP contribution in [-0.4, -0.2) is 19.1 Å². The number of rotatable bonds is 4. The second-order valence-electron chi connectivity index (χ2n) is 21.6. The number of aromatic nitrogens is 4. The highest BCUT2D eigenvalue weighted by Crippen LogP contribution is 2.63. The summed E-state index contributed by atoms with van der Waals surface area (Å²) in [5.41, 5.74) is 25.9. The molecule has 0 saturated heterocycles. The Morgan fingerprint density at radius 1 is 0.316 bits per heavy atom. The molecule has 3 aromatic heterocycles. The fourth-order valence-electron chi connectivity index (χ4n) is 14.2. The summed E-state index contributed by atoms with van der Waals surface area (Å²) in [7, 11) is 0. The van der Waals surface area contributed by atoms with Crippen LogP contribution in [0.4, 0.5) is 0 Å². The monoisotopic (exact) mass is 966 g/mol. The first-order chi connectivity index (χ1) is 37.4. The average molecular weight is 967 g/mol. The van der Waals surface area contributed by atoms with E-state index in [0.717, 1.165) is 55.4 Å². The number of hydrogen-bond acceptors (Lipinski definition) is 2. The molecule has 14 aromatic rings. The number of fused-ring (bicyclic) bond motifs is 18.